The summed E-state index contributed by atoms with van der Waals surface area (Å²) in [6.07, 6.45) is 3.20. The van der Waals surface area contributed by atoms with Crippen molar-refractivity contribution in [3.8, 4) is 0 Å². The van der Waals surface area contributed by atoms with E-state index in [4.69, 9.17) is 23.2 Å². The van der Waals surface area contributed by atoms with Crippen LogP contribution in [0, 0.1) is 0 Å². The summed E-state index contributed by atoms with van der Waals surface area (Å²) in [5.41, 5.74) is 2.44. The molecule has 3 aromatic carbocycles. The Bertz CT molecular complexity index is 1180. The maximum absolute atomic E-state index is 13.3. The van der Waals surface area contributed by atoms with Crippen LogP contribution in [0.15, 0.2) is 77.7 Å². The minimum Gasteiger partial charge on any atom is -0.325 e. The highest BCUT2D eigenvalue weighted by Crippen LogP contribution is 2.25. The quantitative estimate of drug-likeness (QED) is 0.359. The molecule has 0 unspecified atom stereocenters. The van der Waals surface area contributed by atoms with Gasteiger partial charge >= 0.3 is 0 Å². The highest BCUT2D eigenvalue weighted by atomic mass is 35.5. The van der Waals surface area contributed by atoms with Crippen LogP contribution in [0.5, 0.6) is 0 Å². The molecule has 0 bridgehead atoms. The molecule has 0 aliphatic rings. The van der Waals surface area contributed by atoms with Gasteiger partial charge in [0.25, 0.3) is 0 Å². The summed E-state index contributed by atoms with van der Waals surface area (Å²) >= 11 is 12.1. The van der Waals surface area contributed by atoms with Crippen LogP contribution in [0.4, 0.5) is 5.69 Å². The molecule has 0 radical (unpaired) electrons. The third kappa shape index (κ3) is 7.05. The first-order chi connectivity index (χ1) is 15.8. The fraction of sp³-hybridized carbons (Fsp3) is 0.240. The molecule has 1 N–H and O–H groups in total. The minimum atomic E-state index is -3.93. The van der Waals surface area contributed by atoms with Gasteiger partial charge in [-0.3, -0.25) is 4.79 Å². The molecule has 0 aliphatic carbocycles. The zero-order valence-electron chi connectivity index (χ0n) is 18.3. The first-order valence-corrected chi connectivity index (χ1v) is 12.9. The number of nitrogens with one attached hydrogen (secondary N) is 1. The Morgan fingerprint density at radius 2 is 1.58 bits per heavy atom. The van der Waals surface area contributed by atoms with Crippen LogP contribution < -0.4 is 5.32 Å². The van der Waals surface area contributed by atoms with Crippen LogP contribution in [-0.4, -0.2) is 25.2 Å². The number of benzene rings is 3. The van der Waals surface area contributed by atoms with Gasteiger partial charge in [0.1, 0.15) is 0 Å². The monoisotopic (exact) mass is 504 g/mol. The molecule has 0 aliphatic heterocycles. The third-order valence-corrected chi connectivity index (χ3v) is 7.65. The molecule has 0 aromatic heterocycles. The largest absolute Gasteiger partial charge is 0.325 e. The molecule has 174 valence electrons. The summed E-state index contributed by atoms with van der Waals surface area (Å²) in [5.74, 6) is -0.434. The summed E-state index contributed by atoms with van der Waals surface area (Å²) in [6.45, 7) is 1.76. The standard InChI is InChI=1S/C25H26Cl2N2O3S/c1-2-3-7-19-10-13-21(14-11-19)28-25(30)18-29(17-20-12-15-23(26)24(27)16-20)33(31,32)22-8-5-4-6-9-22/h4-6,8-16H,2-3,7,17-18H2,1H3,(H,28,30). The number of amides is 1. The second-order valence-electron chi connectivity index (χ2n) is 7.68. The fourth-order valence-corrected chi connectivity index (χ4v) is 5.03. The lowest BCUT2D eigenvalue weighted by atomic mass is 10.1. The molecule has 33 heavy (non-hydrogen) atoms. The van der Waals surface area contributed by atoms with Crippen molar-refractivity contribution in [2.75, 3.05) is 11.9 Å². The first-order valence-electron chi connectivity index (χ1n) is 10.7. The molecule has 3 aromatic rings. The van der Waals surface area contributed by atoms with Gasteiger partial charge in [0, 0.05) is 12.2 Å². The Labute approximate surface area is 205 Å². The van der Waals surface area contributed by atoms with Crippen molar-refractivity contribution in [3.63, 3.8) is 0 Å². The number of carbonyl (C=O) groups excluding carboxylic acids is 1. The lowest BCUT2D eigenvalue weighted by molar-refractivity contribution is -0.116. The van der Waals surface area contributed by atoms with Gasteiger partial charge in [-0.2, -0.15) is 4.31 Å². The highest BCUT2D eigenvalue weighted by Gasteiger charge is 2.27. The predicted molar refractivity (Wildman–Crippen MR) is 134 cm³/mol. The molecule has 0 spiro atoms. The molecule has 0 saturated carbocycles. The van der Waals surface area contributed by atoms with E-state index in [0.29, 0.717) is 21.3 Å². The van der Waals surface area contributed by atoms with Gasteiger partial charge in [-0.25, -0.2) is 8.42 Å². The summed E-state index contributed by atoms with van der Waals surface area (Å²) < 4.78 is 27.7. The molecule has 0 heterocycles. The van der Waals surface area contributed by atoms with Crippen molar-refractivity contribution in [1.29, 1.82) is 0 Å². The molecular formula is C25H26Cl2N2O3S. The van der Waals surface area contributed by atoms with Gasteiger partial charge < -0.3 is 5.32 Å². The van der Waals surface area contributed by atoms with Crippen LogP contribution in [-0.2, 0) is 27.8 Å². The van der Waals surface area contributed by atoms with Crippen LogP contribution in [0.3, 0.4) is 0 Å². The number of carbonyl (C=O) groups is 1. The molecule has 0 saturated heterocycles. The molecule has 0 atom stereocenters. The normalized spacial score (nSPS) is 11.5. The number of sulfonamides is 1. The van der Waals surface area contributed by atoms with E-state index in [1.807, 2.05) is 24.3 Å². The Morgan fingerprint density at radius 3 is 2.21 bits per heavy atom. The average Bonchev–Trinajstić information content (AvgIpc) is 2.81. The minimum absolute atomic E-state index is 0.0303. The SMILES string of the molecule is CCCCc1ccc(NC(=O)CN(Cc2ccc(Cl)c(Cl)c2)S(=O)(=O)c2ccccc2)cc1. The maximum atomic E-state index is 13.3. The highest BCUT2D eigenvalue weighted by molar-refractivity contribution is 7.89. The number of anilines is 1. The van der Waals surface area contributed by atoms with E-state index in [-0.39, 0.29) is 18.0 Å². The predicted octanol–water partition coefficient (Wildman–Crippen LogP) is 6.17. The Morgan fingerprint density at radius 1 is 0.909 bits per heavy atom. The van der Waals surface area contributed by atoms with E-state index in [0.717, 1.165) is 23.6 Å². The molecule has 1 amide bonds. The second kappa shape index (κ2) is 11.7. The number of hydrogen-bond acceptors (Lipinski definition) is 3. The Hall–Kier alpha value is -2.38. The van der Waals surface area contributed by atoms with Crippen molar-refractivity contribution in [3.05, 3.63) is 94.0 Å². The lowest BCUT2D eigenvalue weighted by Crippen LogP contribution is -2.37. The Kier molecular flexibility index (Phi) is 8.92. The van der Waals surface area contributed by atoms with E-state index >= 15 is 0 Å². The van der Waals surface area contributed by atoms with Gasteiger partial charge in [-0.1, -0.05) is 72.9 Å². The van der Waals surface area contributed by atoms with Crippen molar-refractivity contribution < 1.29 is 13.2 Å². The molecule has 3 rings (SSSR count). The summed E-state index contributed by atoms with van der Waals surface area (Å²) in [7, 11) is -3.93. The molecule has 5 nitrogen and oxygen atoms in total. The summed E-state index contributed by atoms with van der Waals surface area (Å²) in [4.78, 5) is 12.9. The third-order valence-electron chi connectivity index (χ3n) is 5.10. The number of rotatable bonds is 10. The number of aryl methyl sites for hydroxylation is 1. The van der Waals surface area contributed by atoms with E-state index in [9.17, 15) is 13.2 Å². The van der Waals surface area contributed by atoms with Crippen LogP contribution >= 0.6 is 23.2 Å². The molecule has 8 heteroatoms. The molecule has 0 fully saturated rings. The van der Waals surface area contributed by atoms with Crippen LogP contribution in [0.25, 0.3) is 0 Å². The van der Waals surface area contributed by atoms with Crippen molar-refractivity contribution >= 4 is 44.8 Å². The molecular weight excluding hydrogens is 479 g/mol. The van der Waals surface area contributed by atoms with E-state index < -0.39 is 15.9 Å². The number of halogens is 2. The Balaban J connectivity index is 1.79. The zero-order valence-corrected chi connectivity index (χ0v) is 20.6. The first kappa shape index (κ1) is 25.2. The fourth-order valence-electron chi connectivity index (χ4n) is 3.31. The van der Waals surface area contributed by atoms with E-state index in [2.05, 4.69) is 12.2 Å². The number of unbranched alkanes of at least 4 members (excludes halogenated alkanes) is 1. The topological polar surface area (TPSA) is 66.5 Å². The number of nitrogens with zero attached hydrogens (tertiary/aromatic N) is 1. The lowest BCUT2D eigenvalue weighted by Gasteiger charge is -2.22. The second-order valence-corrected chi connectivity index (χ2v) is 10.4. The van der Waals surface area contributed by atoms with E-state index in [1.165, 1.54) is 17.7 Å². The van der Waals surface area contributed by atoms with Crippen LogP contribution in [0.1, 0.15) is 30.9 Å². The van der Waals surface area contributed by atoms with Gasteiger partial charge in [0.2, 0.25) is 15.9 Å². The number of hydrogen-bond donors (Lipinski definition) is 1. The van der Waals surface area contributed by atoms with E-state index in [1.54, 1.807) is 36.4 Å². The van der Waals surface area contributed by atoms with Crippen molar-refractivity contribution in [1.82, 2.24) is 4.31 Å². The van der Waals surface area contributed by atoms with Gasteiger partial charge in [-0.05, 0) is 60.4 Å². The average molecular weight is 505 g/mol. The van der Waals surface area contributed by atoms with Crippen molar-refractivity contribution in [2.45, 2.75) is 37.6 Å². The van der Waals surface area contributed by atoms with Gasteiger partial charge in [-0.15, -0.1) is 0 Å². The van der Waals surface area contributed by atoms with Crippen molar-refractivity contribution in [2.24, 2.45) is 0 Å². The summed E-state index contributed by atoms with van der Waals surface area (Å²) in [6, 6.07) is 20.5. The zero-order chi connectivity index (χ0) is 23.8. The maximum Gasteiger partial charge on any atom is 0.243 e. The summed E-state index contributed by atoms with van der Waals surface area (Å²) in [5, 5.41) is 3.48. The van der Waals surface area contributed by atoms with Gasteiger partial charge in [0.15, 0.2) is 0 Å². The smallest absolute Gasteiger partial charge is 0.243 e. The van der Waals surface area contributed by atoms with Crippen LogP contribution in [0.2, 0.25) is 10.0 Å². The van der Waals surface area contributed by atoms with Gasteiger partial charge in [0.05, 0.1) is 21.5 Å².